The zero-order valence-corrected chi connectivity index (χ0v) is 11.6. The number of aliphatic hydroxyl groups is 1. The Morgan fingerprint density at radius 3 is 2.50 bits per heavy atom. The molecule has 1 aromatic rings. The number of halogens is 1. The fourth-order valence-electron chi connectivity index (χ4n) is 1.51. The average Bonchev–Trinajstić information content (AvgIpc) is 2.14. The second kappa shape index (κ2) is 5.95. The highest BCUT2D eigenvalue weighted by Crippen LogP contribution is 2.29. The second-order valence-electron chi connectivity index (χ2n) is 5.16. The van der Waals surface area contributed by atoms with E-state index in [0.29, 0.717) is 5.75 Å². The van der Waals surface area contributed by atoms with Crippen molar-refractivity contribution in [2.24, 2.45) is 5.41 Å². The van der Waals surface area contributed by atoms with E-state index >= 15 is 0 Å². The molecule has 0 fully saturated rings. The summed E-state index contributed by atoms with van der Waals surface area (Å²) in [6.45, 7) is 6.41. The zero-order chi connectivity index (χ0) is 12.2. The Bertz CT molecular complexity index is 333. The van der Waals surface area contributed by atoms with Gasteiger partial charge in [0, 0.05) is 10.6 Å². The predicted octanol–water partition coefficient (Wildman–Crippen LogP) is 4.23. The average molecular weight is 259 g/mol. The van der Waals surface area contributed by atoms with Gasteiger partial charge in [0.15, 0.2) is 0 Å². The van der Waals surface area contributed by atoms with Crippen molar-refractivity contribution in [2.45, 2.75) is 38.2 Å². The van der Waals surface area contributed by atoms with Gasteiger partial charge in [0.2, 0.25) is 0 Å². The SMILES string of the molecule is CC(C)(C)CC(O)CSc1ccccc1Cl. The summed E-state index contributed by atoms with van der Waals surface area (Å²) in [7, 11) is 0. The van der Waals surface area contributed by atoms with Gasteiger partial charge in [-0.2, -0.15) is 0 Å². The van der Waals surface area contributed by atoms with Crippen molar-refractivity contribution in [3.05, 3.63) is 29.3 Å². The summed E-state index contributed by atoms with van der Waals surface area (Å²) in [5.74, 6) is 0.695. The van der Waals surface area contributed by atoms with Crippen molar-refractivity contribution >= 4 is 23.4 Å². The van der Waals surface area contributed by atoms with Gasteiger partial charge in [-0.3, -0.25) is 0 Å². The third-order valence-electron chi connectivity index (χ3n) is 2.12. The zero-order valence-electron chi connectivity index (χ0n) is 10.0. The number of benzene rings is 1. The molecular weight excluding hydrogens is 240 g/mol. The molecule has 16 heavy (non-hydrogen) atoms. The van der Waals surface area contributed by atoms with Crippen LogP contribution in [0.15, 0.2) is 29.2 Å². The van der Waals surface area contributed by atoms with Crippen LogP contribution in [0.25, 0.3) is 0 Å². The molecule has 0 heterocycles. The van der Waals surface area contributed by atoms with Gasteiger partial charge in [0.25, 0.3) is 0 Å². The molecule has 3 heteroatoms. The Hall–Kier alpha value is -0.180. The van der Waals surface area contributed by atoms with Crippen LogP contribution in [0.2, 0.25) is 5.02 Å². The lowest BCUT2D eigenvalue weighted by molar-refractivity contribution is 0.142. The fraction of sp³-hybridized carbons (Fsp3) is 0.538. The molecule has 1 nitrogen and oxygen atoms in total. The maximum Gasteiger partial charge on any atom is 0.0639 e. The molecule has 90 valence electrons. The molecule has 0 aromatic heterocycles. The van der Waals surface area contributed by atoms with Crippen LogP contribution in [0, 0.1) is 5.41 Å². The first-order chi connectivity index (χ1) is 7.38. The highest BCUT2D eigenvalue weighted by atomic mass is 35.5. The normalized spacial score (nSPS) is 13.8. The Kier molecular flexibility index (Phi) is 5.16. The molecule has 0 aliphatic rings. The fourth-order valence-corrected chi connectivity index (χ4v) is 2.68. The van der Waals surface area contributed by atoms with Gasteiger partial charge >= 0.3 is 0 Å². The molecule has 0 aliphatic heterocycles. The minimum atomic E-state index is -0.277. The van der Waals surface area contributed by atoms with Crippen molar-refractivity contribution in [3.63, 3.8) is 0 Å². The number of rotatable bonds is 4. The summed E-state index contributed by atoms with van der Waals surface area (Å²) >= 11 is 7.65. The third-order valence-corrected chi connectivity index (χ3v) is 3.78. The lowest BCUT2D eigenvalue weighted by Crippen LogP contribution is -2.19. The first-order valence-corrected chi connectivity index (χ1v) is 6.80. The Labute approximate surface area is 107 Å². The van der Waals surface area contributed by atoms with E-state index in [-0.39, 0.29) is 11.5 Å². The summed E-state index contributed by atoms with van der Waals surface area (Å²) in [5, 5.41) is 10.6. The maximum atomic E-state index is 9.87. The van der Waals surface area contributed by atoms with Crippen LogP contribution in [0.1, 0.15) is 27.2 Å². The smallest absolute Gasteiger partial charge is 0.0639 e. The molecule has 0 spiro atoms. The summed E-state index contributed by atoms with van der Waals surface area (Å²) in [4.78, 5) is 1.04. The van der Waals surface area contributed by atoms with E-state index in [1.807, 2.05) is 24.3 Å². The van der Waals surface area contributed by atoms with E-state index in [4.69, 9.17) is 11.6 Å². The van der Waals surface area contributed by atoms with Crippen LogP contribution in [0.4, 0.5) is 0 Å². The van der Waals surface area contributed by atoms with Gasteiger partial charge in [-0.05, 0) is 24.0 Å². The van der Waals surface area contributed by atoms with Crippen LogP contribution < -0.4 is 0 Å². The quantitative estimate of drug-likeness (QED) is 0.816. The van der Waals surface area contributed by atoms with Gasteiger partial charge in [0.05, 0.1) is 11.1 Å². The Balaban J connectivity index is 2.43. The van der Waals surface area contributed by atoms with Crippen molar-refractivity contribution in [1.29, 1.82) is 0 Å². The van der Waals surface area contributed by atoms with E-state index in [0.717, 1.165) is 16.3 Å². The van der Waals surface area contributed by atoms with Gasteiger partial charge in [-0.25, -0.2) is 0 Å². The second-order valence-corrected chi connectivity index (χ2v) is 6.63. The van der Waals surface area contributed by atoms with Gasteiger partial charge in [-0.15, -0.1) is 11.8 Å². The first-order valence-electron chi connectivity index (χ1n) is 5.44. The molecule has 0 saturated carbocycles. The lowest BCUT2D eigenvalue weighted by atomic mass is 9.90. The Morgan fingerprint density at radius 1 is 1.31 bits per heavy atom. The number of hydrogen-bond donors (Lipinski definition) is 1. The molecule has 1 N–H and O–H groups in total. The van der Waals surface area contributed by atoms with Crippen LogP contribution in [0.5, 0.6) is 0 Å². The van der Waals surface area contributed by atoms with Crippen molar-refractivity contribution in [2.75, 3.05) is 5.75 Å². The summed E-state index contributed by atoms with van der Waals surface area (Å²) in [6.07, 6.45) is 0.533. The van der Waals surface area contributed by atoms with Crippen LogP contribution in [-0.4, -0.2) is 17.0 Å². The van der Waals surface area contributed by atoms with E-state index in [1.165, 1.54) is 0 Å². The Morgan fingerprint density at radius 2 is 1.94 bits per heavy atom. The number of aliphatic hydroxyl groups excluding tert-OH is 1. The minimum Gasteiger partial charge on any atom is -0.392 e. The molecule has 0 saturated heterocycles. The van der Waals surface area contributed by atoms with Crippen molar-refractivity contribution in [1.82, 2.24) is 0 Å². The van der Waals surface area contributed by atoms with Crippen LogP contribution >= 0.6 is 23.4 Å². The minimum absolute atomic E-state index is 0.167. The molecule has 0 bridgehead atoms. The van der Waals surface area contributed by atoms with E-state index in [9.17, 15) is 5.11 Å². The van der Waals surface area contributed by atoms with E-state index < -0.39 is 0 Å². The number of thioether (sulfide) groups is 1. The van der Waals surface area contributed by atoms with Crippen molar-refractivity contribution in [3.8, 4) is 0 Å². The standard InChI is InChI=1S/C13H19ClOS/c1-13(2,3)8-10(15)9-16-12-7-5-4-6-11(12)14/h4-7,10,15H,8-9H2,1-3H3. The van der Waals surface area contributed by atoms with Crippen LogP contribution in [-0.2, 0) is 0 Å². The van der Waals surface area contributed by atoms with E-state index in [2.05, 4.69) is 20.8 Å². The topological polar surface area (TPSA) is 20.2 Å². The largest absolute Gasteiger partial charge is 0.392 e. The molecular formula is C13H19ClOS. The molecule has 1 rings (SSSR count). The third kappa shape index (κ3) is 5.24. The predicted molar refractivity (Wildman–Crippen MR) is 72.3 cm³/mol. The molecule has 0 amide bonds. The molecule has 0 radical (unpaired) electrons. The highest BCUT2D eigenvalue weighted by Gasteiger charge is 2.16. The van der Waals surface area contributed by atoms with Gasteiger partial charge in [0.1, 0.15) is 0 Å². The molecule has 1 unspecified atom stereocenters. The number of hydrogen-bond acceptors (Lipinski definition) is 2. The van der Waals surface area contributed by atoms with Gasteiger partial charge < -0.3 is 5.11 Å². The van der Waals surface area contributed by atoms with E-state index in [1.54, 1.807) is 11.8 Å². The van der Waals surface area contributed by atoms with Crippen LogP contribution in [0.3, 0.4) is 0 Å². The first kappa shape index (κ1) is 13.9. The molecule has 0 aliphatic carbocycles. The summed E-state index contributed by atoms with van der Waals surface area (Å²) < 4.78 is 0. The van der Waals surface area contributed by atoms with Crippen molar-refractivity contribution < 1.29 is 5.11 Å². The molecule has 1 atom stereocenters. The highest BCUT2D eigenvalue weighted by molar-refractivity contribution is 7.99. The maximum absolute atomic E-state index is 9.87. The monoisotopic (exact) mass is 258 g/mol. The lowest BCUT2D eigenvalue weighted by Gasteiger charge is -2.22. The summed E-state index contributed by atoms with van der Waals surface area (Å²) in [5.41, 5.74) is 0.167. The summed E-state index contributed by atoms with van der Waals surface area (Å²) in [6, 6.07) is 7.74. The molecule has 1 aromatic carbocycles. The van der Waals surface area contributed by atoms with Gasteiger partial charge in [-0.1, -0.05) is 44.5 Å².